The lowest BCUT2D eigenvalue weighted by atomic mass is 9.92. The van der Waals surface area contributed by atoms with Gasteiger partial charge in [-0.25, -0.2) is 8.78 Å². The Morgan fingerprint density at radius 2 is 1.75 bits per heavy atom. The van der Waals surface area contributed by atoms with Gasteiger partial charge in [0.2, 0.25) is 5.91 Å². The lowest BCUT2D eigenvalue weighted by Gasteiger charge is -2.34. The monoisotopic (exact) mass is 741 g/mol. The number of esters is 1. The van der Waals surface area contributed by atoms with Crippen LogP contribution in [0.4, 0.5) is 22.0 Å². The zero-order valence-corrected chi connectivity index (χ0v) is 29.3. The molecule has 5 rings (SSSR count). The topological polar surface area (TPSA) is 121 Å². The summed E-state index contributed by atoms with van der Waals surface area (Å²) in [6.07, 6.45) is -5.85. The summed E-state index contributed by atoms with van der Waals surface area (Å²) in [5.74, 6) is -2.64. The van der Waals surface area contributed by atoms with Crippen LogP contribution in [0.15, 0.2) is 71.7 Å². The Bertz CT molecular complexity index is 2020. The standard InChI is InChI=1S/C39H40F5N3O6/c1-4-53-34(51)17-31(29-15-27(13-23(3)36(29)41)35-22(2)7-5-10-32(35)49)45-38(52)37(25-9-6-8-24(14-25)21-48)47-18-26(11-12-46-19-28(40)20-46)30(16-33(47)50)39(42,43)44/h5-10,13-16,18,28,31,37,48-49H,4,11-12,17,19-21H2,1-3H3,(H,45,52)/t31-,37?/m0/s1. The van der Waals surface area contributed by atoms with Crippen molar-refractivity contribution in [2.75, 3.05) is 26.2 Å². The van der Waals surface area contributed by atoms with Gasteiger partial charge in [-0.3, -0.25) is 23.9 Å². The summed E-state index contributed by atoms with van der Waals surface area (Å²) < 4.78 is 78.2. The van der Waals surface area contributed by atoms with Gasteiger partial charge in [-0.2, -0.15) is 13.2 Å². The molecule has 282 valence electrons. The lowest BCUT2D eigenvalue weighted by molar-refractivity contribution is -0.144. The molecular weight excluding hydrogens is 701 g/mol. The van der Waals surface area contributed by atoms with E-state index in [1.165, 1.54) is 43.3 Å². The minimum atomic E-state index is -4.92. The van der Waals surface area contributed by atoms with Gasteiger partial charge in [-0.05, 0) is 78.8 Å². The van der Waals surface area contributed by atoms with Gasteiger partial charge in [0.05, 0.1) is 31.2 Å². The van der Waals surface area contributed by atoms with E-state index in [1.807, 2.05) is 0 Å². The Hall–Kier alpha value is -5.08. The first-order valence-corrected chi connectivity index (χ1v) is 17.0. The molecule has 2 heterocycles. The van der Waals surface area contributed by atoms with Gasteiger partial charge in [0.15, 0.2) is 0 Å². The molecule has 1 aliphatic rings. The van der Waals surface area contributed by atoms with E-state index in [2.05, 4.69) is 5.32 Å². The average molecular weight is 742 g/mol. The number of rotatable bonds is 13. The predicted octanol–water partition coefficient (Wildman–Crippen LogP) is 6.08. The Labute approximate surface area is 302 Å². The van der Waals surface area contributed by atoms with Crippen molar-refractivity contribution in [1.29, 1.82) is 0 Å². The first-order valence-electron chi connectivity index (χ1n) is 17.0. The number of benzene rings is 3. The number of hydrogen-bond donors (Lipinski definition) is 3. The van der Waals surface area contributed by atoms with Crippen molar-refractivity contribution < 1.29 is 46.5 Å². The van der Waals surface area contributed by atoms with Crippen LogP contribution in [-0.4, -0.2) is 64.0 Å². The van der Waals surface area contributed by atoms with Crippen LogP contribution in [-0.2, 0) is 33.5 Å². The van der Waals surface area contributed by atoms with Crippen molar-refractivity contribution in [1.82, 2.24) is 14.8 Å². The summed E-state index contributed by atoms with van der Waals surface area (Å²) in [5, 5.41) is 23.2. The van der Waals surface area contributed by atoms with Crippen LogP contribution < -0.4 is 10.9 Å². The molecule has 1 aromatic heterocycles. The van der Waals surface area contributed by atoms with Crippen LogP contribution in [0.5, 0.6) is 5.75 Å². The minimum Gasteiger partial charge on any atom is -0.507 e. The quantitative estimate of drug-likeness (QED) is 0.112. The third-order valence-electron chi connectivity index (χ3n) is 9.24. The normalized spacial score (nSPS) is 14.7. The second kappa shape index (κ2) is 16.3. The lowest BCUT2D eigenvalue weighted by Crippen LogP contribution is -2.49. The van der Waals surface area contributed by atoms with Crippen molar-refractivity contribution in [3.63, 3.8) is 0 Å². The number of phenols is 1. The Morgan fingerprint density at radius 1 is 1.04 bits per heavy atom. The average Bonchev–Trinajstić information content (AvgIpc) is 3.08. The Morgan fingerprint density at radius 3 is 2.40 bits per heavy atom. The second-order valence-electron chi connectivity index (χ2n) is 13.1. The molecule has 1 aliphatic heterocycles. The van der Waals surface area contributed by atoms with Crippen molar-refractivity contribution in [3.8, 4) is 16.9 Å². The molecule has 0 saturated carbocycles. The van der Waals surface area contributed by atoms with Gasteiger partial charge in [0.25, 0.3) is 5.56 Å². The molecule has 53 heavy (non-hydrogen) atoms. The fraction of sp³-hybridized carbons (Fsp3) is 0.359. The molecule has 9 nitrogen and oxygen atoms in total. The number of likely N-dealkylation sites (tertiary alicyclic amines) is 1. The number of amides is 1. The zero-order valence-electron chi connectivity index (χ0n) is 29.3. The molecule has 4 aromatic rings. The van der Waals surface area contributed by atoms with Gasteiger partial charge < -0.3 is 20.3 Å². The fourth-order valence-electron chi connectivity index (χ4n) is 6.62. The maximum Gasteiger partial charge on any atom is 0.416 e. The number of phenolic OH excluding ortho intramolecular Hbond substituents is 1. The highest BCUT2D eigenvalue weighted by Gasteiger charge is 2.37. The molecule has 2 atom stereocenters. The summed E-state index contributed by atoms with van der Waals surface area (Å²) in [5.41, 5.74) is -0.842. The number of pyridine rings is 1. The first kappa shape index (κ1) is 39.1. The molecule has 1 saturated heterocycles. The van der Waals surface area contributed by atoms with Crippen LogP contribution in [0.3, 0.4) is 0 Å². The number of hydrogen-bond acceptors (Lipinski definition) is 7. The number of alkyl halides is 4. The molecule has 0 bridgehead atoms. The third-order valence-corrected chi connectivity index (χ3v) is 9.24. The zero-order chi connectivity index (χ0) is 38.6. The van der Waals surface area contributed by atoms with Crippen molar-refractivity contribution in [3.05, 3.63) is 122 Å². The molecule has 3 N–H and O–H groups in total. The highest BCUT2D eigenvalue weighted by molar-refractivity contribution is 5.85. The van der Waals surface area contributed by atoms with Crippen molar-refractivity contribution in [2.45, 2.75) is 64.7 Å². The first-order chi connectivity index (χ1) is 25.1. The highest BCUT2D eigenvalue weighted by atomic mass is 19.4. The maximum atomic E-state index is 16.1. The number of halogens is 5. The molecule has 1 fully saturated rings. The predicted molar refractivity (Wildman–Crippen MR) is 186 cm³/mol. The number of aromatic hydroxyl groups is 1. The molecule has 0 aliphatic carbocycles. The van der Waals surface area contributed by atoms with Gasteiger partial charge in [0.1, 0.15) is 23.8 Å². The van der Waals surface area contributed by atoms with E-state index in [0.717, 1.165) is 10.8 Å². The summed E-state index contributed by atoms with van der Waals surface area (Å²) in [4.78, 5) is 42.6. The molecule has 0 radical (unpaired) electrons. The van der Waals surface area contributed by atoms with Gasteiger partial charge in [0, 0.05) is 43.0 Å². The third kappa shape index (κ3) is 8.94. The summed E-state index contributed by atoms with van der Waals surface area (Å²) in [6.45, 7) is 4.47. The Kier molecular flexibility index (Phi) is 12.0. The number of aliphatic hydroxyl groups excluding tert-OH is 1. The highest BCUT2D eigenvalue weighted by Crippen LogP contribution is 2.37. The van der Waals surface area contributed by atoms with Crippen LogP contribution in [0, 0.1) is 19.7 Å². The van der Waals surface area contributed by atoms with E-state index >= 15 is 4.39 Å². The van der Waals surface area contributed by atoms with Crippen LogP contribution >= 0.6 is 0 Å². The van der Waals surface area contributed by atoms with Crippen molar-refractivity contribution >= 4 is 11.9 Å². The minimum absolute atomic E-state index is 0.0259. The molecular formula is C39H40F5N3O6. The maximum absolute atomic E-state index is 16.1. The number of nitrogens with zero attached hydrogens (tertiary/aromatic N) is 2. The van der Waals surface area contributed by atoms with E-state index in [9.17, 15) is 42.2 Å². The van der Waals surface area contributed by atoms with E-state index in [0.29, 0.717) is 28.3 Å². The number of carbonyl (C=O) groups excluding carboxylic acids is 2. The van der Waals surface area contributed by atoms with Crippen LogP contribution in [0.25, 0.3) is 11.1 Å². The molecule has 1 unspecified atom stereocenters. The largest absolute Gasteiger partial charge is 0.507 e. The van der Waals surface area contributed by atoms with Gasteiger partial charge in [-0.15, -0.1) is 0 Å². The smallest absolute Gasteiger partial charge is 0.416 e. The van der Waals surface area contributed by atoms with Gasteiger partial charge >= 0.3 is 12.1 Å². The summed E-state index contributed by atoms with van der Waals surface area (Å²) >= 11 is 0. The van der Waals surface area contributed by atoms with Gasteiger partial charge in [-0.1, -0.05) is 36.4 Å². The second-order valence-corrected chi connectivity index (χ2v) is 13.1. The number of carbonyl (C=O) groups is 2. The van der Waals surface area contributed by atoms with E-state index < -0.39 is 66.3 Å². The fourth-order valence-corrected chi connectivity index (χ4v) is 6.62. The summed E-state index contributed by atoms with van der Waals surface area (Å²) in [6, 6.07) is 10.9. The molecule has 1 amide bonds. The number of aliphatic hydroxyl groups is 1. The molecule has 14 heteroatoms. The number of nitrogens with one attached hydrogen (secondary N) is 1. The SMILES string of the molecule is CCOC(=O)C[C@H](NC(=O)C(c1cccc(CO)c1)n1cc(CCN2CC(F)C2)c(C(F)(F)F)cc1=O)c1cc(-c2c(C)cccc2O)cc(C)c1F. The molecule has 0 spiro atoms. The number of aromatic nitrogens is 1. The number of ether oxygens (including phenoxy) is 1. The van der Waals surface area contributed by atoms with Crippen LogP contribution in [0.1, 0.15) is 64.4 Å². The number of aryl methyl sites for hydroxylation is 2. The van der Waals surface area contributed by atoms with E-state index in [1.54, 1.807) is 36.9 Å². The summed E-state index contributed by atoms with van der Waals surface area (Å²) in [7, 11) is 0. The van der Waals surface area contributed by atoms with Crippen LogP contribution in [0.2, 0.25) is 0 Å². The van der Waals surface area contributed by atoms with E-state index in [-0.39, 0.29) is 60.7 Å². The molecule has 3 aromatic carbocycles. The Balaban J connectivity index is 1.64. The van der Waals surface area contributed by atoms with E-state index in [4.69, 9.17) is 4.74 Å². The van der Waals surface area contributed by atoms with Crippen molar-refractivity contribution in [2.24, 2.45) is 0 Å².